The highest BCUT2D eigenvalue weighted by molar-refractivity contribution is 14.0. The molecule has 1 saturated carbocycles. The Morgan fingerprint density at radius 2 is 2.04 bits per heavy atom. The van der Waals surface area contributed by atoms with Gasteiger partial charge in [0.2, 0.25) is 0 Å². The van der Waals surface area contributed by atoms with Crippen molar-refractivity contribution in [1.29, 1.82) is 0 Å². The Morgan fingerprint density at radius 1 is 1.29 bits per heavy atom. The summed E-state index contributed by atoms with van der Waals surface area (Å²) in [5.41, 5.74) is -0.0463. The number of nitrogens with one attached hydrogen (secondary N) is 2. The third kappa shape index (κ3) is 7.04. The van der Waals surface area contributed by atoms with Crippen LogP contribution in [0.15, 0.2) is 4.99 Å². The van der Waals surface area contributed by atoms with Crippen LogP contribution in [0.5, 0.6) is 0 Å². The molecule has 2 atom stereocenters. The SMILES string of the molecule is CCOC(CCNC(=NC)NCC1(C)CCCO1)C1CCCC1.I. The van der Waals surface area contributed by atoms with Crippen molar-refractivity contribution in [3.8, 4) is 0 Å². The summed E-state index contributed by atoms with van der Waals surface area (Å²) >= 11 is 0. The highest BCUT2D eigenvalue weighted by Gasteiger charge is 2.30. The zero-order valence-corrected chi connectivity index (χ0v) is 17.9. The lowest BCUT2D eigenvalue weighted by atomic mass is 9.98. The van der Waals surface area contributed by atoms with Gasteiger partial charge in [0.05, 0.1) is 11.7 Å². The first kappa shape index (κ1) is 22.0. The van der Waals surface area contributed by atoms with Gasteiger partial charge in [-0.1, -0.05) is 12.8 Å². The molecule has 2 unspecified atom stereocenters. The highest BCUT2D eigenvalue weighted by atomic mass is 127. The Bertz CT molecular complexity index is 367. The number of guanidine groups is 1. The van der Waals surface area contributed by atoms with Gasteiger partial charge in [0, 0.05) is 33.4 Å². The fourth-order valence-corrected chi connectivity index (χ4v) is 3.80. The van der Waals surface area contributed by atoms with Crippen LogP contribution in [0.2, 0.25) is 0 Å². The molecule has 0 aromatic heterocycles. The summed E-state index contributed by atoms with van der Waals surface area (Å²) in [6.07, 6.45) is 9.09. The van der Waals surface area contributed by atoms with Gasteiger partial charge in [-0.2, -0.15) is 0 Å². The summed E-state index contributed by atoms with van der Waals surface area (Å²) in [6, 6.07) is 0. The van der Waals surface area contributed by atoms with E-state index in [1.807, 2.05) is 7.05 Å². The van der Waals surface area contributed by atoms with Crippen molar-refractivity contribution in [2.24, 2.45) is 10.9 Å². The molecule has 142 valence electrons. The number of aliphatic imine (C=N–C) groups is 1. The van der Waals surface area contributed by atoms with E-state index >= 15 is 0 Å². The van der Waals surface area contributed by atoms with Crippen molar-refractivity contribution in [1.82, 2.24) is 10.6 Å². The quantitative estimate of drug-likeness (QED) is 0.337. The summed E-state index contributed by atoms with van der Waals surface area (Å²) in [7, 11) is 1.82. The number of nitrogens with zero attached hydrogens (tertiary/aromatic N) is 1. The molecule has 2 fully saturated rings. The molecule has 2 N–H and O–H groups in total. The largest absolute Gasteiger partial charge is 0.378 e. The second-order valence-electron chi connectivity index (χ2n) is 7.08. The molecule has 6 heteroatoms. The Hall–Kier alpha value is -0.0800. The van der Waals surface area contributed by atoms with Gasteiger partial charge in [-0.15, -0.1) is 24.0 Å². The van der Waals surface area contributed by atoms with Crippen LogP contribution in [0.3, 0.4) is 0 Å². The number of hydrogen-bond donors (Lipinski definition) is 2. The van der Waals surface area contributed by atoms with Crippen LogP contribution in [0, 0.1) is 5.92 Å². The molecular weight excluding hydrogens is 417 g/mol. The summed E-state index contributed by atoms with van der Waals surface area (Å²) in [5, 5.41) is 6.83. The summed E-state index contributed by atoms with van der Waals surface area (Å²) in [6.45, 7) is 7.66. The van der Waals surface area contributed by atoms with Gasteiger partial charge in [0.25, 0.3) is 0 Å². The molecule has 24 heavy (non-hydrogen) atoms. The second-order valence-corrected chi connectivity index (χ2v) is 7.08. The molecule has 1 heterocycles. The van der Waals surface area contributed by atoms with E-state index in [2.05, 4.69) is 29.5 Å². The Morgan fingerprint density at radius 3 is 2.62 bits per heavy atom. The van der Waals surface area contributed by atoms with Crippen LogP contribution < -0.4 is 10.6 Å². The molecular formula is C18H36IN3O2. The van der Waals surface area contributed by atoms with E-state index < -0.39 is 0 Å². The predicted octanol–water partition coefficient (Wildman–Crippen LogP) is 3.32. The van der Waals surface area contributed by atoms with Gasteiger partial charge < -0.3 is 20.1 Å². The van der Waals surface area contributed by atoms with Crippen molar-refractivity contribution in [2.75, 3.05) is 33.4 Å². The number of halogens is 1. The lowest BCUT2D eigenvalue weighted by Crippen LogP contribution is -2.46. The summed E-state index contributed by atoms with van der Waals surface area (Å²) < 4.78 is 11.8. The summed E-state index contributed by atoms with van der Waals surface area (Å²) in [4.78, 5) is 4.32. The molecule has 2 rings (SSSR count). The highest BCUT2D eigenvalue weighted by Crippen LogP contribution is 2.30. The molecule has 0 aromatic carbocycles. The molecule has 2 aliphatic rings. The standard InChI is InChI=1S/C18H35N3O2.HI/c1-4-22-16(15-8-5-6-9-15)10-12-20-17(19-3)21-14-18(2)11-7-13-23-18;/h15-16H,4-14H2,1-3H3,(H2,19,20,21);1H. The minimum Gasteiger partial charge on any atom is -0.378 e. The fraction of sp³-hybridized carbons (Fsp3) is 0.944. The monoisotopic (exact) mass is 453 g/mol. The molecule has 5 nitrogen and oxygen atoms in total. The topological polar surface area (TPSA) is 54.9 Å². The average Bonchev–Trinajstić information content (AvgIpc) is 3.22. The zero-order chi connectivity index (χ0) is 16.5. The zero-order valence-electron chi connectivity index (χ0n) is 15.6. The Labute approximate surface area is 164 Å². The third-order valence-electron chi connectivity index (χ3n) is 5.18. The third-order valence-corrected chi connectivity index (χ3v) is 5.18. The van der Waals surface area contributed by atoms with Crippen LogP contribution in [0.25, 0.3) is 0 Å². The predicted molar refractivity (Wildman–Crippen MR) is 110 cm³/mol. The average molecular weight is 453 g/mol. The molecule has 1 aliphatic heterocycles. The molecule has 0 spiro atoms. The van der Waals surface area contributed by atoms with Crippen molar-refractivity contribution in [3.63, 3.8) is 0 Å². The van der Waals surface area contributed by atoms with Gasteiger partial charge in [-0.3, -0.25) is 4.99 Å². The first-order chi connectivity index (χ1) is 11.2. The van der Waals surface area contributed by atoms with Gasteiger partial charge in [-0.05, 0) is 51.9 Å². The minimum absolute atomic E-state index is 0. The first-order valence-corrected chi connectivity index (χ1v) is 9.37. The molecule has 0 radical (unpaired) electrons. The maximum absolute atomic E-state index is 5.98. The van der Waals surface area contributed by atoms with E-state index in [-0.39, 0.29) is 29.6 Å². The normalized spacial score (nSPS) is 26.2. The lowest BCUT2D eigenvalue weighted by molar-refractivity contribution is 0.0167. The Balaban J connectivity index is 0.00000288. The number of hydrogen-bond acceptors (Lipinski definition) is 3. The van der Waals surface area contributed by atoms with Crippen molar-refractivity contribution >= 4 is 29.9 Å². The van der Waals surface area contributed by atoms with Crippen molar-refractivity contribution < 1.29 is 9.47 Å². The van der Waals surface area contributed by atoms with Crippen LogP contribution in [-0.4, -0.2) is 51.0 Å². The van der Waals surface area contributed by atoms with Crippen LogP contribution >= 0.6 is 24.0 Å². The van der Waals surface area contributed by atoms with Crippen LogP contribution in [-0.2, 0) is 9.47 Å². The van der Waals surface area contributed by atoms with Crippen molar-refractivity contribution in [3.05, 3.63) is 0 Å². The van der Waals surface area contributed by atoms with Gasteiger partial charge in [-0.25, -0.2) is 0 Å². The molecule has 0 amide bonds. The number of rotatable bonds is 8. The second kappa shape index (κ2) is 11.5. The van der Waals surface area contributed by atoms with Gasteiger partial charge in [0.1, 0.15) is 0 Å². The van der Waals surface area contributed by atoms with E-state index in [0.717, 1.165) is 57.4 Å². The Kier molecular flexibility index (Phi) is 10.5. The van der Waals surface area contributed by atoms with Crippen LogP contribution in [0.4, 0.5) is 0 Å². The number of ether oxygens (including phenoxy) is 2. The van der Waals surface area contributed by atoms with E-state index in [9.17, 15) is 0 Å². The van der Waals surface area contributed by atoms with Gasteiger partial charge in [0.15, 0.2) is 5.96 Å². The van der Waals surface area contributed by atoms with Gasteiger partial charge >= 0.3 is 0 Å². The first-order valence-electron chi connectivity index (χ1n) is 9.37. The van der Waals surface area contributed by atoms with Crippen LogP contribution in [0.1, 0.15) is 58.8 Å². The molecule has 0 bridgehead atoms. The molecule has 1 aliphatic carbocycles. The summed E-state index contributed by atoms with van der Waals surface area (Å²) in [5.74, 6) is 1.61. The molecule has 0 aromatic rings. The van der Waals surface area contributed by atoms with E-state index in [1.54, 1.807) is 0 Å². The van der Waals surface area contributed by atoms with E-state index in [0.29, 0.717) is 6.10 Å². The van der Waals surface area contributed by atoms with E-state index in [1.165, 1.54) is 25.7 Å². The van der Waals surface area contributed by atoms with Crippen molar-refractivity contribution in [2.45, 2.75) is 70.5 Å². The maximum atomic E-state index is 5.98. The van der Waals surface area contributed by atoms with E-state index in [4.69, 9.17) is 9.47 Å². The molecule has 1 saturated heterocycles. The minimum atomic E-state index is -0.0463. The smallest absolute Gasteiger partial charge is 0.191 e. The maximum Gasteiger partial charge on any atom is 0.191 e. The fourth-order valence-electron chi connectivity index (χ4n) is 3.80. The lowest BCUT2D eigenvalue weighted by Gasteiger charge is -2.26.